The highest BCUT2D eigenvalue weighted by atomic mass is 32.1. The highest BCUT2D eigenvalue weighted by Gasteiger charge is 2.18. The van der Waals surface area contributed by atoms with Crippen LogP contribution in [-0.4, -0.2) is 12.7 Å². The van der Waals surface area contributed by atoms with E-state index >= 15 is 0 Å². The zero-order valence-corrected chi connectivity index (χ0v) is 13.7. The van der Waals surface area contributed by atoms with E-state index in [1.165, 1.54) is 17.4 Å². The van der Waals surface area contributed by atoms with Gasteiger partial charge in [-0.1, -0.05) is 12.1 Å². The number of rotatable bonds is 3. The third kappa shape index (κ3) is 2.59. The first kappa shape index (κ1) is 15.0. The van der Waals surface area contributed by atoms with Gasteiger partial charge in [0.25, 0.3) is 5.91 Å². The minimum Gasteiger partial charge on any atom is -0.454 e. The second-order valence-corrected chi connectivity index (χ2v) is 6.65. The van der Waals surface area contributed by atoms with Crippen LogP contribution in [0.2, 0.25) is 0 Å². The second kappa shape index (κ2) is 5.79. The summed E-state index contributed by atoms with van der Waals surface area (Å²) in [7, 11) is 0. The van der Waals surface area contributed by atoms with Crippen molar-refractivity contribution in [3.8, 4) is 11.5 Å². The molecule has 24 heavy (non-hydrogen) atoms. The molecular weight excluding hydrogens is 329 g/mol. The largest absolute Gasteiger partial charge is 0.454 e. The van der Waals surface area contributed by atoms with Crippen molar-refractivity contribution in [2.45, 2.75) is 13.0 Å². The van der Waals surface area contributed by atoms with Gasteiger partial charge in [-0.05, 0) is 42.8 Å². The summed E-state index contributed by atoms with van der Waals surface area (Å²) < 4.78 is 25.2. The van der Waals surface area contributed by atoms with Crippen LogP contribution in [0.3, 0.4) is 0 Å². The van der Waals surface area contributed by atoms with Crippen LogP contribution in [0.4, 0.5) is 4.39 Å². The maximum absolute atomic E-state index is 13.8. The number of hydrogen-bond donors (Lipinski definition) is 1. The fourth-order valence-electron chi connectivity index (χ4n) is 2.67. The molecule has 1 aliphatic rings. The van der Waals surface area contributed by atoms with Crippen molar-refractivity contribution < 1.29 is 18.7 Å². The van der Waals surface area contributed by atoms with Crippen molar-refractivity contribution in [2.75, 3.05) is 6.79 Å². The van der Waals surface area contributed by atoms with E-state index in [4.69, 9.17) is 9.47 Å². The zero-order valence-electron chi connectivity index (χ0n) is 12.8. The molecule has 2 heterocycles. The minimum atomic E-state index is -0.313. The molecule has 1 unspecified atom stereocenters. The number of benzene rings is 2. The number of amides is 1. The summed E-state index contributed by atoms with van der Waals surface area (Å²) in [5, 5.41) is 3.41. The summed E-state index contributed by atoms with van der Waals surface area (Å²) in [4.78, 5) is 13.0. The summed E-state index contributed by atoms with van der Waals surface area (Å²) in [5.41, 5.74) is 0.917. The van der Waals surface area contributed by atoms with Gasteiger partial charge < -0.3 is 14.8 Å². The summed E-state index contributed by atoms with van der Waals surface area (Å²) >= 11 is 1.28. The predicted molar refractivity (Wildman–Crippen MR) is 90.2 cm³/mol. The Kier molecular flexibility index (Phi) is 3.61. The van der Waals surface area contributed by atoms with E-state index in [0.29, 0.717) is 21.8 Å². The molecule has 0 fully saturated rings. The van der Waals surface area contributed by atoms with Crippen LogP contribution >= 0.6 is 11.3 Å². The number of carbonyl (C=O) groups is 1. The van der Waals surface area contributed by atoms with Crippen LogP contribution in [0, 0.1) is 5.82 Å². The lowest BCUT2D eigenvalue weighted by Crippen LogP contribution is -2.25. The number of hydrogen-bond acceptors (Lipinski definition) is 4. The topological polar surface area (TPSA) is 47.6 Å². The van der Waals surface area contributed by atoms with Crippen molar-refractivity contribution in [1.82, 2.24) is 5.32 Å². The molecule has 6 heteroatoms. The lowest BCUT2D eigenvalue weighted by Gasteiger charge is -2.14. The molecule has 4 nitrogen and oxygen atoms in total. The molecular formula is C18H14FNO3S. The lowest BCUT2D eigenvalue weighted by atomic mass is 10.1. The van der Waals surface area contributed by atoms with Crippen molar-refractivity contribution in [3.63, 3.8) is 0 Å². The fraction of sp³-hybridized carbons (Fsp3) is 0.167. The summed E-state index contributed by atoms with van der Waals surface area (Å²) in [6, 6.07) is 11.8. The molecule has 122 valence electrons. The molecule has 1 aromatic heterocycles. The smallest absolute Gasteiger partial charge is 0.261 e. The molecule has 1 aliphatic heterocycles. The normalized spacial score (nSPS) is 13.9. The number of carbonyl (C=O) groups excluding carboxylic acids is 1. The SMILES string of the molecule is CC(NC(=O)c1cc2c(F)cccc2s1)c1ccc2c(c1)OCO2. The van der Waals surface area contributed by atoms with E-state index in [-0.39, 0.29) is 24.6 Å². The molecule has 1 N–H and O–H groups in total. The number of halogens is 1. The Balaban J connectivity index is 1.55. The quantitative estimate of drug-likeness (QED) is 0.773. The molecule has 1 amide bonds. The van der Waals surface area contributed by atoms with Gasteiger partial charge in [-0.15, -0.1) is 11.3 Å². The molecule has 0 aliphatic carbocycles. The molecule has 0 spiro atoms. The van der Waals surface area contributed by atoms with Gasteiger partial charge in [-0.2, -0.15) is 0 Å². The van der Waals surface area contributed by atoms with Gasteiger partial charge >= 0.3 is 0 Å². The Morgan fingerprint density at radius 1 is 1.21 bits per heavy atom. The Labute approximate surface area is 141 Å². The van der Waals surface area contributed by atoms with Crippen LogP contribution in [-0.2, 0) is 0 Å². The highest BCUT2D eigenvalue weighted by molar-refractivity contribution is 7.20. The maximum Gasteiger partial charge on any atom is 0.261 e. The van der Waals surface area contributed by atoms with E-state index in [0.717, 1.165) is 10.3 Å². The summed E-state index contributed by atoms with van der Waals surface area (Å²) in [6.07, 6.45) is 0. The van der Waals surface area contributed by atoms with Crippen LogP contribution in [0.5, 0.6) is 11.5 Å². The standard InChI is InChI=1S/C18H14FNO3S/c1-10(11-5-6-14-15(7-11)23-9-22-14)20-18(21)17-8-12-13(19)3-2-4-16(12)24-17/h2-8,10H,9H2,1H3,(H,20,21). The van der Waals surface area contributed by atoms with Gasteiger partial charge in [0.1, 0.15) is 5.82 Å². The van der Waals surface area contributed by atoms with Gasteiger partial charge in [0, 0.05) is 10.1 Å². The van der Waals surface area contributed by atoms with Crippen molar-refractivity contribution in [3.05, 3.63) is 58.7 Å². The molecule has 0 radical (unpaired) electrons. The lowest BCUT2D eigenvalue weighted by molar-refractivity contribution is 0.0944. The number of thiophene rings is 1. The van der Waals surface area contributed by atoms with E-state index in [9.17, 15) is 9.18 Å². The number of ether oxygens (including phenoxy) is 2. The van der Waals surface area contributed by atoms with Crippen LogP contribution in [0.25, 0.3) is 10.1 Å². The molecule has 3 aromatic rings. The Hall–Kier alpha value is -2.60. The molecule has 1 atom stereocenters. The molecule has 0 saturated heterocycles. The maximum atomic E-state index is 13.8. The van der Waals surface area contributed by atoms with Crippen LogP contribution in [0.1, 0.15) is 28.2 Å². The van der Waals surface area contributed by atoms with E-state index in [1.54, 1.807) is 18.2 Å². The summed E-state index contributed by atoms with van der Waals surface area (Å²) in [5.74, 6) is 0.849. The van der Waals surface area contributed by atoms with Gasteiger partial charge in [-0.25, -0.2) is 4.39 Å². The highest BCUT2D eigenvalue weighted by Crippen LogP contribution is 2.34. The first-order valence-corrected chi connectivity index (χ1v) is 8.32. The molecule has 4 rings (SSSR count). The van der Waals surface area contributed by atoms with Crippen molar-refractivity contribution >= 4 is 27.3 Å². The molecule has 2 aromatic carbocycles. The Morgan fingerprint density at radius 3 is 2.88 bits per heavy atom. The first-order chi connectivity index (χ1) is 11.6. The Morgan fingerprint density at radius 2 is 2.04 bits per heavy atom. The van der Waals surface area contributed by atoms with Crippen molar-refractivity contribution in [2.24, 2.45) is 0 Å². The second-order valence-electron chi connectivity index (χ2n) is 5.57. The first-order valence-electron chi connectivity index (χ1n) is 7.50. The van der Waals surface area contributed by atoms with Gasteiger partial charge in [0.05, 0.1) is 10.9 Å². The molecule has 0 saturated carbocycles. The number of nitrogens with one attached hydrogen (secondary N) is 1. The van der Waals surface area contributed by atoms with E-state index in [2.05, 4.69) is 5.32 Å². The molecule has 0 bridgehead atoms. The van der Waals surface area contributed by atoms with Crippen LogP contribution < -0.4 is 14.8 Å². The fourth-order valence-corrected chi connectivity index (χ4v) is 3.65. The third-order valence-corrected chi connectivity index (χ3v) is 5.08. The monoisotopic (exact) mass is 343 g/mol. The summed E-state index contributed by atoms with van der Waals surface area (Å²) in [6.45, 7) is 2.11. The van der Waals surface area contributed by atoms with Crippen molar-refractivity contribution in [1.29, 1.82) is 0 Å². The van der Waals surface area contributed by atoms with Gasteiger partial charge in [0.2, 0.25) is 6.79 Å². The Bertz CT molecular complexity index is 937. The number of fused-ring (bicyclic) bond motifs is 2. The van der Waals surface area contributed by atoms with Crippen LogP contribution in [0.15, 0.2) is 42.5 Å². The van der Waals surface area contributed by atoms with E-state index < -0.39 is 0 Å². The van der Waals surface area contributed by atoms with Gasteiger partial charge in [0.15, 0.2) is 11.5 Å². The average molecular weight is 343 g/mol. The minimum absolute atomic E-state index is 0.206. The zero-order chi connectivity index (χ0) is 16.7. The van der Waals surface area contributed by atoms with Gasteiger partial charge in [-0.3, -0.25) is 4.79 Å². The predicted octanol–water partition coefficient (Wildman–Crippen LogP) is 4.26. The average Bonchev–Trinajstić information content (AvgIpc) is 3.21. The van der Waals surface area contributed by atoms with E-state index in [1.807, 2.05) is 25.1 Å². The third-order valence-electron chi connectivity index (χ3n) is 3.98.